The van der Waals surface area contributed by atoms with Crippen molar-refractivity contribution in [1.82, 2.24) is 10.3 Å². The molecule has 0 atom stereocenters. The molecular weight excluding hydrogens is 363 g/mol. The molecule has 0 fully saturated rings. The van der Waals surface area contributed by atoms with Gasteiger partial charge in [-0.15, -0.1) is 11.8 Å². The lowest BCUT2D eigenvalue weighted by molar-refractivity contribution is 0.0950. The maximum absolute atomic E-state index is 13.0. The highest BCUT2D eigenvalue weighted by molar-refractivity contribution is 7.98. The van der Waals surface area contributed by atoms with E-state index >= 15 is 0 Å². The molecule has 2 aromatic carbocycles. The van der Waals surface area contributed by atoms with Crippen molar-refractivity contribution in [2.24, 2.45) is 0 Å². The van der Waals surface area contributed by atoms with Crippen LogP contribution in [0.4, 0.5) is 4.39 Å². The first-order valence-electron chi connectivity index (χ1n) is 8.36. The molecule has 0 bridgehead atoms. The summed E-state index contributed by atoms with van der Waals surface area (Å²) in [6, 6.07) is 15.0. The second kappa shape index (κ2) is 8.68. The van der Waals surface area contributed by atoms with Crippen LogP contribution in [0.25, 0.3) is 0 Å². The molecule has 1 heterocycles. The number of hydrogen-bond acceptors (Lipinski definition) is 4. The highest BCUT2D eigenvalue weighted by Crippen LogP contribution is 2.21. The number of amides is 1. The SMILES string of the molecule is CSc1ccc(CNC(=O)c2ccnc(Oc3ccc(F)cc3)c2)c(C)c1. The smallest absolute Gasteiger partial charge is 0.251 e. The summed E-state index contributed by atoms with van der Waals surface area (Å²) in [5, 5.41) is 2.91. The van der Waals surface area contributed by atoms with Crippen LogP contribution in [0.15, 0.2) is 65.7 Å². The molecule has 1 amide bonds. The Hall–Kier alpha value is -2.86. The number of aromatic nitrogens is 1. The molecule has 0 aliphatic rings. The number of nitrogens with one attached hydrogen (secondary N) is 1. The molecule has 0 spiro atoms. The summed E-state index contributed by atoms with van der Waals surface area (Å²) >= 11 is 1.69. The Morgan fingerprint density at radius 1 is 1.15 bits per heavy atom. The van der Waals surface area contributed by atoms with Gasteiger partial charge in [-0.2, -0.15) is 0 Å². The molecule has 0 unspecified atom stereocenters. The lowest BCUT2D eigenvalue weighted by Crippen LogP contribution is -2.23. The molecule has 6 heteroatoms. The molecule has 0 saturated heterocycles. The first-order chi connectivity index (χ1) is 13.0. The summed E-state index contributed by atoms with van der Waals surface area (Å²) in [5.41, 5.74) is 2.65. The largest absolute Gasteiger partial charge is 0.439 e. The number of nitrogens with zero attached hydrogens (tertiary/aromatic N) is 1. The summed E-state index contributed by atoms with van der Waals surface area (Å²) in [4.78, 5) is 17.7. The first-order valence-corrected chi connectivity index (χ1v) is 9.59. The summed E-state index contributed by atoms with van der Waals surface area (Å²) in [7, 11) is 0. The molecule has 27 heavy (non-hydrogen) atoms. The van der Waals surface area contributed by atoms with Gasteiger partial charge in [0.05, 0.1) is 0 Å². The maximum Gasteiger partial charge on any atom is 0.251 e. The lowest BCUT2D eigenvalue weighted by atomic mass is 10.1. The van der Waals surface area contributed by atoms with Gasteiger partial charge in [0.15, 0.2) is 0 Å². The van der Waals surface area contributed by atoms with Gasteiger partial charge in [0.2, 0.25) is 5.88 Å². The zero-order valence-corrected chi connectivity index (χ0v) is 15.8. The molecular formula is C21H19FN2O2S. The third-order valence-electron chi connectivity index (χ3n) is 4.02. The lowest BCUT2D eigenvalue weighted by Gasteiger charge is -2.10. The van der Waals surface area contributed by atoms with E-state index in [2.05, 4.69) is 16.4 Å². The third kappa shape index (κ3) is 5.08. The molecule has 3 aromatic rings. The minimum Gasteiger partial charge on any atom is -0.439 e. The van der Waals surface area contributed by atoms with E-state index in [0.717, 1.165) is 11.1 Å². The number of aryl methyl sites for hydroxylation is 1. The van der Waals surface area contributed by atoms with Crippen LogP contribution < -0.4 is 10.1 Å². The van der Waals surface area contributed by atoms with E-state index in [1.54, 1.807) is 23.9 Å². The summed E-state index contributed by atoms with van der Waals surface area (Å²) < 4.78 is 18.5. The van der Waals surface area contributed by atoms with Crippen LogP contribution >= 0.6 is 11.8 Å². The van der Waals surface area contributed by atoms with Crippen molar-refractivity contribution in [3.05, 3.63) is 83.3 Å². The number of carbonyl (C=O) groups is 1. The zero-order valence-electron chi connectivity index (χ0n) is 15.0. The van der Waals surface area contributed by atoms with Gasteiger partial charge in [0.25, 0.3) is 5.91 Å². The number of ether oxygens (including phenoxy) is 1. The van der Waals surface area contributed by atoms with Crippen LogP contribution in [0.2, 0.25) is 0 Å². The van der Waals surface area contributed by atoms with Crippen molar-refractivity contribution in [3.8, 4) is 11.6 Å². The Bertz CT molecular complexity index is 945. The molecule has 0 aliphatic heterocycles. The Morgan fingerprint density at radius 2 is 1.93 bits per heavy atom. The Balaban J connectivity index is 1.65. The minimum atomic E-state index is -0.343. The average Bonchev–Trinajstić information content (AvgIpc) is 2.68. The van der Waals surface area contributed by atoms with E-state index in [-0.39, 0.29) is 17.6 Å². The molecule has 0 saturated carbocycles. The molecule has 1 aromatic heterocycles. The van der Waals surface area contributed by atoms with Crippen LogP contribution in [-0.4, -0.2) is 17.1 Å². The van der Waals surface area contributed by atoms with Gasteiger partial charge < -0.3 is 10.1 Å². The van der Waals surface area contributed by atoms with Crippen LogP contribution in [0.5, 0.6) is 11.6 Å². The van der Waals surface area contributed by atoms with Crippen molar-refractivity contribution in [3.63, 3.8) is 0 Å². The highest BCUT2D eigenvalue weighted by atomic mass is 32.2. The summed E-state index contributed by atoms with van der Waals surface area (Å²) in [5.74, 6) is 0.166. The number of benzene rings is 2. The molecule has 4 nitrogen and oxygen atoms in total. The Kier molecular flexibility index (Phi) is 6.08. The van der Waals surface area contributed by atoms with Gasteiger partial charge >= 0.3 is 0 Å². The van der Waals surface area contributed by atoms with Crippen LogP contribution in [0.3, 0.4) is 0 Å². The first kappa shape index (κ1) is 18.9. The second-order valence-electron chi connectivity index (χ2n) is 5.91. The van der Waals surface area contributed by atoms with Crippen molar-refractivity contribution in [2.45, 2.75) is 18.4 Å². The van der Waals surface area contributed by atoms with E-state index in [4.69, 9.17) is 4.74 Å². The van der Waals surface area contributed by atoms with Gasteiger partial charge in [-0.25, -0.2) is 9.37 Å². The van der Waals surface area contributed by atoms with E-state index in [0.29, 0.717) is 17.9 Å². The fourth-order valence-corrected chi connectivity index (χ4v) is 3.00. The minimum absolute atomic E-state index is 0.213. The standard InChI is InChI=1S/C21H19FN2O2S/c1-14-11-19(27-2)8-3-16(14)13-24-21(25)15-9-10-23-20(12-15)26-18-6-4-17(22)5-7-18/h3-12H,13H2,1-2H3,(H,24,25). The van der Waals surface area contributed by atoms with E-state index in [1.165, 1.54) is 35.4 Å². The van der Waals surface area contributed by atoms with Crippen molar-refractivity contribution in [1.29, 1.82) is 0 Å². The molecule has 0 radical (unpaired) electrons. The number of carbonyl (C=O) groups excluding carboxylic acids is 1. The number of pyridine rings is 1. The predicted octanol–water partition coefficient (Wildman–Crippen LogP) is 4.97. The third-order valence-corrected chi connectivity index (χ3v) is 4.75. The van der Waals surface area contributed by atoms with Crippen molar-refractivity contribution in [2.75, 3.05) is 6.26 Å². The van der Waals surface area contributed by atoms with Gasteiger partial charge in [0, 0.05) is 29.3 Å². The molecule has 138 valence electrons. The fraction of sp³-hybridized carbons (Fsp3) is 0.143. The van der Waals surface area contributed by atoms with Gasteiger partial charge in [-0.05, 0) is 66.8 Å². The number of halogens is 1. The maximum atomic E-state index is 13.0. The van der Waals surface area contributed by atoms with E-state index < -0.39 is 0 Å². The molecule has 1 N–H and O–H groups in total. The Labute approximate surface area is 161 Å². The van der Waals surface area contributed by atoms with Crippen LogP contribution in [0.1, 0.15) is 21.5 Å². The van der Waals surface area contributed by atoms with Crippen molar-refractivity contribution >= 4 is 17.7 Å². The number of hydrogen-bond donors (Lipinski definition) is 1. The normalized spacial score (nSPS) is 10.5. The second-order valence-corrected chi connectivity index (χ2v) is 6.79. The van der Waals surface area contributed by atoms with E-state index in [9.17, 15) is 9.18 Å². The summed E-state index contributed by atoms with van der Waals surface area (Å²) in [6.45, 7) is 2.47. The highest BCUT2D eigenvalue weighted by Gasteiger charge is 2.09. The van der Waals surface area contributed by atoms with Gasteiger partial charge in [-0.3, -0.25) is 4.79 Å². The van der Waals surface area contributed by atoms with Crippen LogP contribution in [0, 0.1) is 12.7 Å². The Morgan fingerprint density at radius 3 is 2.63 bits per heavy atom. The van der Waals surface area contributed by atoms with E-state index in [1.807, 2.05) is 25.3 Å². The quantitative estimate of drug-likeness (QED) is 0.612. The van der Waals surface area contributed by atoms with Crippen molar-refractivity contribution < 1.29 is 13.9 Å². The fourth-order valence-electron chi connectivity index (χ4n) is 2.50. The molecule has 3 rings (SSSR count). The topological polar surface area (TPSA) is 51.2 Å². The summed E-state index contributed by atoms with van der Waals surface area (Å²) in [6.07, 6.45) is 3.54. The zero-order chi connectivity index (χ0) is 19.2. The number of thioether (sulfide) groups is 1. The predicted molar refractivity (Wildman–Crippen MR) is 105 cm³/mol. The van der Waals surface area contributed by atoms with Crippen LogP contribution in [-0.2, 0) is 6.54 Å². The van der Waals surface area contributed by atoms with Gasteiger partial charge in [0.1, 0.15) is 11.6 Å². The van der Waals surface area contributed by atoms with Gasteiger partial charge in [-0.1, -0.05) is 6.07 Å². The monoisotopic (exact) mass is 382 g/mol. The number of rotatable bonds is 6. The molecule has 0 aliphatic carbocycles. The average molecular weight is 382 g/mol.